The van der Waals surface area contributed by atoms with Gasteiger partial charge >= 0.3 is 24.3 Å². The summed E-state index contributed by atoms with van der Waals surface area (Å²) in [7, 11) is 0. The molecule has 2 aromatic heterocycles. The topological polar surface area (TPSA) is 148 Å². The van der Waals surface area contributed by atoms with Crippen LogP contribution in [0.15, 0.2) is 35.0 Å². The molecule has 3 aromatic rings. The molecule has 0 unspecified atom stereocenters. The van der Waals surface area contributed by atoms with Crippen LogP contribution in [0.2, 0.25) is 5.02 Å². The molecule has 0 radical (unpaired) electrons. The van der Waals surface area contributed by atoms with Crippen molar-refractivity contribution in [1.82, 2.24) is 35.4 Å². The van der Waals surface area contributed by atoms with Crippen molar-refractivity contribution >= 4 is 23.6 Å². The number of carbonyl (C=O) groups excluding carboxylic acids is 1. The Hall–Kier alpha value is -3.88. The first-order valence-electron chi connectivity index (χ1n) is 9.63. The van der Waals surface area contributed by atoms with Gasteiger partial charge in [0.15, 0.2) is 0 Å². The Balaban J connectivity index is 1.45. The van der Waals surface area contributed by atoms with E-state index in [4.69, 9.17) is 16.0 Å². The molecule has 0 bridgehead atoms. The number of ether oxygens (including phenoxy) is 1. The molecular formula is C18H15ClF3N7O5. The number of hydrogen-bond acceptors (Lipinski definition) is 8. The molecule has 0 spiro atoms. The standard InChI is InChI=1S/C18H15ClF3N7O5/c19-13-2-1-11(34-18(20,21)22)6-12(13)15-25-26-16(33-15)14(30)24-9-5-10(29(7-9)17(31)32)8-28-4-3-23-27-28/h1-4,6,9-10H,5,7-8H2,(H,24,30)(H,31,32)/t9-,10+/m1/s1. The molecule has 2 atom stereocenters. The number of aromatic nitrogens is 5. The van der Waals surface area contributed by atoms with Gasteiger partial charge in [-0.05, 0) is 24.6 Å². The second-order valence-electron chi connectivity index (χ2n) is 7.22. The van der Waals surface area contributed by atoms with Crippen molar-refractivity contribution < 1.29 is 37.0 Å². The molecule has 0 saturated carbocycles. The number of likely N-dealkylation sites (tertiary alicyclic amines) is 1. The molecule has 1 aliphatic heterocycles. The number of benzene rings is 1. The SMILES string of the molecule is O=C(N[C@@H]1C[C@@H](Cn2ccnn2)N(C(=O)O)C1)c1nnc(-c2cc(OC(F)(F)F)ccc2Cl)o1. The normalized spacial score (nSPS) is 18.2. The largest absolute Gasteiger partial charge is 0.573 e. The van der Waals surface area contributed by atoms with E-state index in [1.165, 1.54) is 15.8 Å². The molecule has 1 saturated heterocycles. The van der Waals surface area contributed by atoms with E-state index in [2.05, 4.69) is 30.6 Å². The predicted octanol–water partition coefficient (Wildman–Crippen LogP) is 2.43. The quantitative estimate of drug-likeness (QED) is 0.519. The Kier molecular flexibility index (Phi) is 6.28. The molecule has 2 N–H and O–H groups in total. The minimum absolute atomic E-state index is 0.00558. The van der Waals surface area contributed by atoms with Crippen LogP contribution in [0.5, 0.6) is 5.75 Å². The molecule has 0 aliphatic carbocycles. The van der Waals surface area contributed by atoms with E-state index in [-0.39, 0.29) is 29.6 Å². The van der Waals surface area contributed by atoms with Gasteiger partial charge in [-0.2, -0.15) is 0 Å². The lowest BCUT2D eigenvalue weighted by molar-refractivity contribution is -0.274. The summed E-state index contributed by atoms with van der Waals surface area (Å²) in [6, 6.07) is 2.09. The van der Waals surface area contributed by atoms with Crippen LogP contribution in [0.3, 0.4) is 0 Å². The Bertz CT molecular complexity index is 1190. The van der Waals surface area contributed by atoms with Gasteiger partial charge in [0, 0.05) is 18.8 Å². The zero-order valence-electron chi connectivity index (χ0n) is 16.9. The lowest BCUT2D eigenvalue weighted by atomic mass is 10.1. The van der Waals surface area contributed by atoms with Gasteiger partial charge in [0.25, 0.3) is 0 Å². The predicted molar refractivity (Wildman–Crippen MR) is 106 cm³/mol. The molecule has 180 valence electrons. The van der Waals surface area contributed by atoms with Crippen molar-refractivity contribution in [3.8, 4) is 17.2 Å². The van der Waals surface area contributed by atoms with Crippen molar-refractivity contribution in [3.63, 3.8) is 0 Å². The van der Waals surface area contributed by atoms with Gasteiger partial charge in [-0.15, -0.1) is 28.5 Å². The highest BCUT2D eigenvalue weighted by Gasteiger charge is 2.37. The first kappa shape index (κ1) is 23.3. The van der Waals surface area contributed by atoms with E-state index < -0.39 is 42.1 Å². The fourth-order valence-electron chi connectivity index (χ4n) is 3.51. The second kappa shape index (κ2) is 9.17. The molecule has 1 aromatic carbocycles. The fraction of sp³-hybridized carbons (Fsp3) is 0.333. The van der Waals surface area contributed by atoms with Crippen LogP contribution in [-0.2, 0) is 6.54 Å². The molecule has 3 heterocycles. The van der Waals surface area contributed by atoms with Crippen molar-refractivity contribution in [2.24, 2.45) is 0 Å². The number of carboxylic acid groups (broad SMARTS) is 1. The maximum Gasteiger partial charge on any atom is 0.573 e. The van der Waals surface area contributed by atoms with E-state index in [0.717, 1.165) is 18.2 Å². The summed E-state index contributed by atoms with van der Waals surface area (Å²) in [6.07, 6.45) is -2.73. The van der Waals surface area contributed by atoms with E-state index in [9.17, 15) is 27.9 Å². The van der Waals surface area contributed by atoms with Crippen LogP contribution in [0, 0.1) is 0 Å². The smallest absolute Gasteiger partial charge is 0.465 e. The van der Waals surface area contributed by atoms with Crippen LogP contribution < -0.4 is 10.1 Å². The van der Waals surface area contributed by atoms with Crippen LogP contribution in [0.1, 0.15) is 17.1 Å². The van der Waals surface area contributed by atoms with Crippen LogP contribution in [-0.4, -0.2) is 72.2 Å². The van der Waals surface area contributed by atoms with Gasteiger partial charge in [-0.25, -0.2) is 4.79 Å². The highest BCUT2D eigenvalue weighted by molar-refractivity contribution is 6.33. The highest BCUT2D eigenvalue weighted by Crippen LogP contribution is 2.33. The van der Waals surface area contributed by atoms with Gasteiger partial charge in [0.05, 0.1) is 29.4 Å². The fourth-order valence-corrected chi connectivity index (χ4v) is 3.71. The molecule has 34 heavy (non-hydrogen) atoms. The zero-order chi connectivity index (χ0) is 24.5. The Morgan fingerprint density at radius 1 is 1.32 bits per heavy atom. The second-order valence-corrected chi connectivity index (χ2v) is 7.63. The Morgan fingerprint density at radius 3 is 2.79 bits per heavy atom. The third-order valence-corrected chi connectivity index (χ3v) is 5.22. The average molecular weight is 502 g/mol. The highest BCUT2D eigenvalue weighted by atomic mass is 35.5. The minimum Gasteiger partial charge on any atom is -0.465 e. The number of hydrogen-bond donors (Lipinski definition) is 2. The number of nitrogens with one attached hydrogen (secondary N) is 1. The van der Waals surface area contributed by atoms with E-state index in [1.807, 2.05) is 0 Å². The molecule has 2 amide bonds. The van der Waals surface area contributed by atoms with Crippen LogP contribution in [0.4, 0.5) is 18.0 Å². The van der Waals surface area contributed by atoms with Crippen molar-refractivity contribution in [3.05, 3.63) is 41.5 Å². The summed E-state index contributed by atoms with van der Waals surface area (Å²) >= 11 is 6.01. The van der Waals surface area contributed by atoms with Crippen LogP contribution in [0.25, 0.3) is 11.5 Å². The summed E-state index contributed by atoms with van der Waals surface area (Å²) < 4.78 is 48.1. The Morgan fingerprint density at radius 2 is 2.12 bits per heavy atom. The first-order chi connectivity index (χ1) is 16.1. The van der Waals surface area contributed by atoms with Gasteiger partial charge in [-0.1, -0.05) is 16.8 Å². The van der Waals surface area contributed by atoms with Crippen LogP contribution >= 0.6 is 11.6 Å². The van der Waals surface area contributed by atoms with Gasteiger partial charge in [0.1, 0.15) is 5.75 Å². The number of carbonyl (C=O) groups is 2. The summed E-state index contributed by atoms with van der Waals surface area (Å²) in [5, 5.41) is 26.8. The molecule has 12 nitrogen and oxygen atoms in total. The molecule has 4 rings (SSSR count). The van der Waals surface area contributed by atoms with Crippen molar-refractivity contribution in [2.45, 2.75) is 31.4 Å². The number of rotatable bonds is 6. The van der Waals surface area contributed by atoms with Gasteiger partial charge in [-0.3, -0.25) is 9.48 Å². The third-order valence-electron chi connectivity index (χ3n) is 4.89. The first-order valence-corrected chi connectivity index (χ1v) is 10.0. The lowest BCUT2D eigenvalue weighted by Crippen LogP contribution is -2.39. The average Bonchev–Trinajstić information content (AvgIpc) is 3.50. The van der Waals surface area contributed by atoms with Crippen molar-refractivity contribution in [2.75, 3.05) is 6.54 Å². The van der Waals surface area contributed by atoms with Gasteiger partial charge < -0.3 is 24.5 Å². The molecule has 1 aliphatic rings. The summed E-state index contributed by atoms with van der Waals surface area (Å²) in [4.78, 5) is 25.3. The number of halogens is 4. The summed E-state index contributed by atoms with van der Waals surface area (Å²) in [5.74, 6) is -2.12. The third kappa shape index (κ3) is 5.36. The molecule has 16 heteroatoms. The number of nitrogens with zero attached hydrogens (tertiary/aromatic N) is 6. The van der Waals surface area contributed by atoms with Gasteiger partial charge in [0.2, 0.25) is 5.89 Å². The number of alkyl halides is 3. The van der Waals surface area contributed by atoms with E-state index in [0.29, 0.717) is 6.42 Å². The van der Waals surface area contributed by atoms with E-state index in [1.54, 1.807) is 6.20 Å². The maximum atomic E-state index is 12.6. The Labute approximate surface area is 193 Å². The summed E-state index contributed by atoms with van der Waals surface area (Å²) in [5.41, 5.74) is -0.0687. The summed E-state index contributed by atoms with van der Waals surface area (Å²) in [6.45, 7) is 0.266. The lowest BCUT2D eigenvalue weighted by Gasteiger charge is -2.20. The maximum absolute atomic E-state index is 12.6. The zero-order valence-corrected chi connectivity index (χ0v) is 17.7. The minimum atomic E-state index is -4.91. The molecular weight excluding hydrogens is 487 g/mol. The van der Waals surface area contributed by atoms with Crippen molar-refractivity contribution in [1.29, 1.82) is 0 Å². The van der Waals surface area contributed by atoms with E-state index >= 15 is 0 Å². The monoisotopic (exact) mass is 501 g/mol. The number of amides is 2. The molecule has 1 fully saturated rings.